The van der Waals surface area contributed by atoms with Gasteiger partial charge in [0.1, 0.15) is 0 Å². The van der Waals surface area contributed by atoms with Gasteiger partial charge in [-0.15, -0.1) is 0 Å². The summed E-state index contributed by atoms with van der Waals surface area (Å²) in [6, 6.07) is 10.6. The van der Waals surface area contributed by atoms with E-state index in [2.05, 4.69) is 9.97 Å². The molecule has 0 amide bonds. The smallest absolute Gasteiger partial charge is 0.244 e. The first kappa shape index (κ1) is 12.6. The second-order valence-electron chi connectivity index (χ2n) is 4.36. The number of anilines is 1. The van der Waals surface area contributed by atoms with Crippen LogP contribution < -0.4 is 5.73 Å². The molecule has 0 aliphatic heterocycles. The molecule has 0 saturated carbocycles. The fourth-order valence-electron chi connectivity index (χ4n) is 1.99. The zero-order chi connectivity index (χ0) is 14.2. The van der Waals surface area contributed by atoms with Crippen LogP contribution in [-0.2, 0) is 15.8 Å². The Morgan fingerprint density at radius 2 is 1.90 bits per heavy atom. The SMILES string of the molecule is Nc1ncc2ccn(S(=O)(=O)Cc3ccccc3)c2n1. The van der Waals surface area contributed by atoms with E-state index in [1.165, 1.54) is 12.4 Å². The Hall–Kier alpha value is -2.41. The van der Waals surface area contributed by atoms with Gasteiger partial charge in [0.2, 0.25) is 16.0 Å². The number of nitrogens with zero attached hydrogens (tertiary/aromatic N) is 3. The van der Waals surface area contributed by atoms with Gasteiger partial charge in [0.05, 0.1) is 5.75 Å². The average molecular weight is 288 g/mol. The third-order valence-corrected chi connectivity index (χ3v) is 4.50. The molecule has 0 aliphatic rings. The number of benzene rings is 1. The van der Waals surface area contributed by atoms with Crippen LogP contribution in [-0.4, -0.2) is 22.4 Å². The van der Waals surface area contributed by atoms with Crippen molar-refractivity contribution in [1.82, 2.24) is 13.9 Å². The number of nitrogens with two attached hydrogens (primary N) is 1. The van der Waals surface area contributed by atoms with Crippen LogP contribution in [0, 0.1) is 0 Å². The molecule has 6 nitrogen and oxygen atoms in total. The van der Waals surface area contributed by atoms with Crippen molar-refractivity contribution in [2.45, 2.75) is 5.75 Å². The van der Waals surface area contributed by atoms with E-state index in [0.717, 1.165) is 9.54 Å². The Morgan fingerprint density at radius 3 is 2.65 bits per heavy atom. The van der Waals surface area contributed by atoms with Crippen molar-refractivity contribution in [3.8, 4) is 0 Å². The number of rotatable bonds is 3. The summed E-state index contributed by atoms with van der Waals surface area (Å²) in [7, 11) is -3.54. The number of hydrogen-bond acceptors (Lipinski definition) is 5. The fourth-order valence-corrected chi connectivity index (χ4v) is 3.40. The summed E-state index contributed by atoms with van der Waals surface area (Å²) >= 11 is 0. The minimum Gasteiger partial charge on any atom is -0.368 e. The van der Waals surface area contributed by atoms with Gasteiger partial charge in [-0.2, -0.15) is 4.98 Å². The molecule has 2 N–H and O–H groups in total. The maximum atomic E-state index is 12.4. The predicted octanol–water partition coefficient (Wildman–Crippen LogP) is 1.39. The maximum absolute atomic E-state index is 12.4. The minimum absolute atomic E-state index is 0.0485. The molecule has 0 unspecified atom stereocenters. The van der Waals surface area contributed by atoms with Crippen molar-refractivity contribution >= 4 is 27.0 Å². The summed E-state index contributed by atoms with van der Waals surface area (Å²) in [6.07, 6.45) is 2.98. The van der Waals surface area contributed by atoms with Gasteiger partial charge in [-0.1, -0.05) is 30.3 Å². The molecule has 1 aromatic carbocycles. The molecule has 0 saturated heterocycles. The largest absolute Gasteiger partial charge is 0.368 e. The van der Waals surface area contributed by atoms with Gasteiger partial charge in [-0.3, -0.25) is 0 Å². The second-order valence-corrected chi connectivity index (χ2v) is 6.21. The molecule has 20 heavy (non-hydrogen) atoms. The van der Waals surface area contributed by atoms with Crippen molar-refractivity contribution in [1.29, 1.82) is 0 Å². The molecule has 3 rings (SSSR count). The summed E-state index contributed by atoms with van der Waals surface area (Å²) in [5, 5.41) is 0.635. The zero-order valence-corrected chi connectivity index (χ0v) is 11.3. The van der Waals surface area contributed by atoms with Crippen molar-refractivity contribution in [3.63, 3.8) is 0 Å². The third-order valence-electron chi connectivity index (χ3n) is 2.90. The summed E-state index contributed by atoms with van der Waals surface area (Å²) < 4.78 is 26.0. The first-order valence-corrected chi connectivity index (χ1v) is 7.54. The molecule has 7 heteroatoms. The number of aromatic nitrogens is 3. The van der Waals surface area contributed by atoms with Crippen molar-refractivity contribution in [2.75, 3.05) is 5.73 Å². The highest BCUT2D eigenvalue weighted by Gasteiger charge is 2.17. The van der Waals surface area contributed by atoms with E-state index in [1.807, 2.05) is 6.07 Å². The van der Waals surface area contributed by atoms with Crippen LogP contribution in [0.4, 0.5) is 5.95 Å². The Labute approximate surface area is 115 Å². The van der Waals surface area contributed by atoms with Gasteiger partial charge in [0.15, 0.2) is 5.65 Å². The normalized spacial score (nSPS) is 11.8. The highest BCUT2D eigenvalue weighted by atomic mass is 32.2. The summed E-state index contributed by atoms with van der Waals surface area (Å²) in [6.45, 7) is 0. The third kappa shape index (κ3) is 2.23. The summed E-state index contributed by atoms with van der Waals surface area (Å²) in [5.41, 5.74) is 6.54. The molecule has 102 valence electrons. The Morgan fingerprint density at radius 1 is 1.15 bits per heavy atom. The first-order chi connectivity index (χ1) is 9.56. The lowest BCUT2D eigenvalue weighted by atomic mass is 10.2. The topological polar surface area (TPSA) is 90.9 Å². The molecule has 3 aromatic rings. The van der Waals surface area contributed by atoms with E-state index in [1.54, 1.807) is 30.3 Å². The van der Waals surface area contributed by atoms with Crippen LogP contribution in [0.15, 0.2) is 48.8 Å². The zero-order valence-electron chi connectivity index (χ0n) is 10.5. The van der Waals surface area contributed by atoms with Crippen molar-refractivity contribution in [2.24, 2.45) is 0 Å². The van der Waals surface area contributed by atoms with Crippen LogP contribution >= 0.6 is 0 Å². The second kappa shape index (κ2) is 4.61. The van der Waals surface area contributed by atoms with Crippen LogP contribution in [0.2, 0.25) is 0 Å². The van der Waals surface area contributed by atoms with Gasteiger partial charge in [0, 0.05) is 17.8 Å². The molecule has 0 atom stereocenters. The fraction of sp³-hybridized carbons (Fsp3) is 0.0769. The molecule has 2 heterocycles. The van der Waals surface area contributed by atoms with E-state index in [4.69, 9.17) is 5.73 Å². The molecular formula is C13H12N4O2S. The molecule has 2 aromatic heterocycles. The lowest BCUT2D eigenvalue weighted by molar-refractivity contribution is 0.588. The summed E-state index contributed by atoms with van der Waals surface area (Å²) in [5.74, 6) is -0.0472. The first-order valence-electron chi connectivity index (χ1n) is 5.93. The quantitative estimate of drug-likeness (QED) is 0.786. The van der Waals surface area contributed by atoms with Crippen molar-refractivity contribution < 1.29 is 8.42 Å². The highest BCUT2D eigenvalue weighted by Crippen LogP contribution is 2.18. The van der Waals surface area contributed by atoms with Gasteiger partial charge in [0.25, 0.3) is 0 Å². The van der Waals surface area contributed by atoms with Gasteiger partial charge < -0.3 is 5.73 Å². The van der Waals surface area contributed by atoms with E-state index < -0.39 is 10.0 Å². The van der Waals surface area contributed by atoms with Crippen LogP contribution in [0.25, 0.3) is 11.0 Å². The lowest BCUT2D eigenvalue weighted by Gasteiger charge is -2.07. The highest BCUT2D eigenvalue weighted by molar-refractivity contribution is 7.89. The van der Waals surface area contributed by atoms with Crippen molar-refractivity contribution in [3.05, 3.63) is 54.4 Å². The summed E-state index contributed by atoms with van der Waals surface area (Å²) in [4.78, 5) is 7.84. The van der Waals surface area contributed by atoms with Gasteiger partial charge >= 0.3 is 0 Å². The Bertz CT molecular complexity index is 856. The monoisotopic (exact) mass is 288 g/mol. The molecule has 0 fully saturated rings. The number of hydrogen-bond donors (Lipinski definition) is 1. The van der Waals surface area contributed by atoms with Gasteiger partial charge in [-0.25, -0.2) is 17.4 Å². The van der Waals surface area contributed by atoms with E-state index >= 15 is 0 Å². The molecule has 0 aliphatic carbocycles. The maximum Gasteiger partial charge on any atom is 0.244 e. The van der Waals surface area contributed by atoms with E-state index in [0.29, 0.717) is 11.0 Å². The number of nitrogen functional groups attached to an aromatic ring is 1. The lowest BCUT2D eigenvalue weighted by Crippen LogP contribution is -2.15. The minimum atomic E-state index is -3.54. The average Bonchev–Trinajstić information content (AvgIpc) is 2.83. The molecular weight excluding hydrogens is 276 g/mol. The van der Waals surface area contributed by atoms with E-state index in [-0.39, 0.29) is 11.7 Å². The molecule has 0 spiro atoms. The standard InChI is InChI=1S/C13H12N4O2S/c14-13-15-8-11-6-7-17(12(11)16-13)20(18,19)9-10-4-2-1-3-5-10/h1-8H,9H2,(H2,14,15,16). The van der Waals surface area contributed by atoms with E-state index in [9.17, 15) is 8.42 Å². The number of fused-ring (bicyclic) bond motifs is 1. The van der Waals surface area contributed by atoms with Gasteiger partial charge in [-0.05, 0) is 11.6 Å². The molecule has 0 bridgehead atoms. The predicted molar refractivity (Wildman–Crippen MR) is 76.4 cm³/mol. The Kier molecular flexibility index (Phi) is 2.90. The van der Waals surface area contributed by atoms with Crippen LogP contribution in [0.5, 0.6) is 0 Å². The Balaban J connectivity index is 2.08. The van der Waals surface area contributed by atoms with Crippen LogP contribution in [0.1, 0.15) is 5.56 Å². The van der Waals surface area contributed by atoms with Crippen LogP contribution in [0.3, 0.4) is 0 Å². The molecule has 0 radical (unpaired) electrons.